The number of imidazole rings is 1. The Morgan fingerprint density at radius 3 is 2.59 bits per heavy atom. The van der Waals surface area contributed by atoms with Gasteiger partial charge in [-0.15, -0.1) is 0 Å². The van der Waals surface area contributed by atoms with Crippen molar-refractivity contribution in [3.63, 3.8) is 0 Å². The van der Waals surface area contributed by atoms with Crippen LogP contribution in [0.5, 0.6) is 0 Å². The summed E-state index contributed by atoms with van der Waals surface area (Å²) in [6.07, 6.45) is 6.34. The zero-order valence-electron chi connectivity index (χ0n) is 15.3. The van der Waals surface area contributed by atoms with Crippen molar-refractivity contribution in [2.75, 3.05) is 6.26 Å². The van der Waals surface area contributed by atoms with E-state index >= 15 is 0 Å². The van der Waals surface area contributed by atoms with Gasteiger partial charge in [0.15, 0.2) is 14.9 Å². The van der Waals surface area contributed by atoms with Crippen molar-refractivity contribution < 1.29 is 17.5 Å². The van der Waals surface area contributed by atoms with Gasteiger partial charge in [0.2, 0.25) is 0 Å². The minimum absolute atomic E-state index is 0.00297. The fourth-order valence-corrected chi connectivity index (χ4v) is 5.27. The Hall–Kier alpha value is -1.44. The van der Waals surface area contributed by atoms with Gasteiger partial charge in [-0.05, 0) is 55.7 Å². The molecule has 2 saturated carbocycles. The normalized spacial score (nSPS) is 20.3. The minimum atomic E-state index is -3.46. The molecule has 1 heterocycles. The number of ether oxygens (including phenoxy) is 1. The fourth-order valence-electron chi connectivity index (χ4n) is 4.21. The van der Waals surface area contributed by atoms with Crippen molar-refractivity contribution in [1.82, 2.24) is 9.97 Å². The Labute approximate surface area is 163 Å². The van der Waals surface area contributed by atoms with Crippen LogP contribution in [-0.2, 0) is 14.6 Å². The van der Waals surface area contributed by atoms with E-state index in [-0.39, 0.29) is 16.2 Å². The second kappa shape index (κ2) is 6.57. The van der Waals surface area contributed by atoms with Gasteiger partial charge in [0.1, 0.15) is 17.7 Å². The van der Waals surface area contributed by atoms with Gasteiger partial charge in [0.25, 0.3) is 0 Å². The first-order valence-electron chi connectivity index (χ1n) is 9.04. The predicted octanol–water partition coefficient (Wildman–Crippen LogP) is 4.35. The highest BCUT2D eigenvalue weighted by atomic mass is 35.5. The number of nitrogens with one attached hydrogen (secondary N) is 1. The van der Waals surface area contributed by atoms with E-state index in [0.717, 1.165) is 19.1 Å². The standard InChI is InChI=1S/C19H22ClFN2O3S/c1-11-18(27(2,24)25)23-17(22-11)16(12-4-5-15(21)14(20)8-12)26-13-9-19(10-13)6-3-7-19/h4-5,8,13,16H,3,6-7,9-10H2,1-2H3,(H,22,23). The van der Waals surface area contributed by atoms with Crippen molar-refractivity contribution in [2.45, 2.75) is 56.3 Å². The molecule has 27 heavy (non-hydrogen) atoms. The highest BCUT2D eigenvalue weighted by molar-refractivity contribution is 7.90. The number of H-pyrrole nitrogens is 1. The Bertz CT molecular complexity index is 977. The summed E-state index contributed by atoms with van der Waals surface area (Å²) in [6.45, 7) is 1.66. The maximum Gasteiger partial charge on any atom is 0.194 e. The van der Waals surface area contributed by atoms with E-state index in [9.17, 15) is 12.8 Å². The van der Waals surface area contributed by atoms with Crippen molar-refractivity contribution >= 4 is 21.4 Å². The van der Waals surface area contributed by atoms with Crippen LogP contribution in [0, 0.1) is 18.2 Å². The van der Waals surface area contributed by atoms with Gasteiger partial charge in [0.05, 0.1) is 16.8 Å². The molecule has 0 saturated heterocycles. The highest BCUT2D eigenvalue weighted by Crippen LogP contribution is 2.57. The Morgan fingerprint density at radius 2 is 2.07 bits per heavy atom. The lowest BCUT2D eigenvalue weighted by molar-refractivity contribution is -0.136. The molecule has 1 aromatic carbocycles. The number of sulfone groups is 1. The molecule has 2 aliphatic rings. The zero-order valence-corrected chi connectivity index (χ0v) is 16.8. The molecule has 4 rings (SSSR count). The molecule has 1 aromatic heterocycles. The first-order valence-corrected chi connectivity index (χ1v) is 11.3. The van der Waals surface area contributed by atoms with Crippen molar-refractivity contribution in [3.8, 4) is 0 Å². The number of aryl methyl sites for hydroxylation is 1. The first kappa shape index (κ1) is 18.9. The molecule has 2 fully saturated rings. The molecule has 1 spiro atoms. The van der Waals surface area contributed by atoms with Gasteiger partial charge in [0, 0.05) is 6.26 Å². The monoisotopic (exact) mass is 412 g/mol. The summed E-state index contributed by atoms with van der Waals surface area (Å²) in [5, 5.41) is 0.000156. The van der Waals surface area contributed by atoms with Gasteiger partial charge in [-0.25, -0.2) is 17.8 Å². The lowest BCUT2D eigenvalue weighted by Gasteiger charge is -2.54. The van der Waals surface area contributed by atoms with E-state index in [2.05, 4.69) is 9.97 Å². The molecule has 5 nitrogen and oxygen atoms in total. The van der Waals surface area contributed by atoms with E-state index in [4.69, 9.17) is 16.3 Å². The molecule has 2 aromatic rings. The smallest absolute Gasteiger partial charge is 0.194 e. The number of nitrogens with zero attached hydrogens (tertiary/aromatic N) is 1. The molecule has 0 bridgehead atoms. The summed E-state index contributed by atoms with van der Waals surface area (Å²) >= 11 is 5.96. The van der Waals surface area contributed by atoms with E-state index in [0.29, 0.717) is 22.5 Å². The lowest BCUT2D eigenvalue weighted by Crippen LogP contribution is -2.47. The molecular weight excluding hydrogens is 391 g/mol. The highest BCUT2D eigenvalue weighted by Gasteiger charge is 2.49. The third kappa shape index (κ3) is 3.52. The first-order chi connectivity index (χ1) is 12.7. The molecule has 1 atom stereocenters. The van der Waals surface area contributed by atoms with Crippen LogP contribution >= 0.6 is 11.6 Å². The molecule has 0 aliphatic heterocycles. The van der Waals surface area contributed by atoms with Crippen LogP contribution in [0.15, 0.2) is 23.2 Å². The number of aromatic amines is 1. The van der Waals surface area contributed by atoms with Gasteiger partial charge >= 0.3 is 0 Å². The van der Waals surface area contributed by atoms with E-state index in [1.165, 1.54) is 31.4 Å². The molecule has 0 amide bonds. The maximum atomic E-state index is 13.6. The van der Waals surface area contributed by atoms with Gasteiger partial charge < -0.3 is 9.72 Å². The minimum Gasteiger partial charge on any atom is -0.362 e. The number of aromatic nitrogens is 2. The topological polar surface area (TPSA) is 72.0 Å². The average Bonchev–Trinajstić information content (AvgIpc) is 2.89. The van der Waals surface area contributed by atoms with Crippen LogP contribution in [0.3, 0.4) is 0 Å². The predicted molar refractivity (Wildman–Crippen MR) is 100 cm³/mol. The zero-order chi connectivity index (χ0) is 19.4. The molecule has 2 aliphatic carbocycles. The van der Waals surface area contributed by atoms with Crippen LogP contribution in [0.1, 0.15) is 55.3 Å². The van der Waals surface area contributed by atoms with Crippen molar-refractivity contribution in [1.29, 1.82) is 0 Å². The van der Waals surface area contributed by atoms with Crippen LogP contribution < -0.4 is 0 Å². The number of benzene rings is 1. The van der Waals surface area contributed by atoms with Crippen molar-refractivity contribution in [2.24, 2.45) is 5.41 Å². The van der Waals surface area contributed by atoms with Crippen LogP contribution in [-0.4, -0.2) is 30.7 Å². The van der Waals surface area contributed by atoms with E-state index < -0.39 is 21.8 Å². The van der Waals surface area contributed by atoms with E-state index in [1.54, 1.807) is 13.0 Å². The molecule has 0 radical (unpaired) electrons. The second-order valence-electron chi connectivity index (χ2n) is 7.90. The summed E-state index contributed by atoms with van der Waals surface area (Å²) in [6, 6.07) is 4.40. The fraction of sp³-hybridized carbons (Fsp3) is 0.526. The summed E-state index contributed by atoms with van der Waals surface area (Å²) in [5.74, 6) is -0.117. The third-order valence-corrected chi connectivity index (χ3v) is 7.16. The third-order valence-electron chi connectivity index (χ3n) is 5.77. The Kier molecular flexibility index (Phi) is 4.60. The molecule has 1 N–H and O–H groups in total. The average molecular weight is 413 g/mol. The molecule has 8 heteroatoms. The molecule has 1 unspecified atom stereocenters. The van der Waals surface area contributed by atoms with Gasteiger partial charge in [-0.1, -0.05) is 24.1 Å². The van der Waals surface area contributed by atoms with Gasteiger partial charge in [-0.3, -0.25) is 0 Å². The maximum absolute atomic E-state index is 13.6. The number of hydrogen-bond acceptors (Lipinski definition) is 4. The van der Waals surface area contributed by atoms with Crippen molar-refractivity contribution in [3.05, 3.63) is 46.1 Å². The lowest BCUT2D eigenvalue weighted by atomic mass is 9.55. The van der Waals surface area contributed by atoms with Crippen LogP contribution in [0.2, 0.25) is 5.02 Å². The number of hydrogen-bond donors (Lipinski definition) is 1. The summed E-state index contributed by atoms with van der Waals surface area (Å²) in [4.78, 5) is 7.32. The Morgan fingerprint density at radius 1 is 1.37 bits per heavy atom. The number of rotatable bonds is 5. The van der Waals surface area contributed by atoms with Crippen LogP contribution in [0.4, 0.5) is 4.39 Å². The summed E-state index contributed by atoms with van der Waals surface area (Å²) in [7, 11) is -3.46. The largest absolute Gasteiger partial charge is 0.362 e. The van der Waals surface area contributed by atoms with Gasteiger partial charge in [-0.2, -0.15) is 0 Å². The summed E-state index contributed by atoms with van der Waals surface area (Å²) < 4.78 is 43.8. The van der Waals surface area contributed by atoms with Crippen LogP contribution in [0.25, 0.3) is 0 Å². The molecule has 146 valence electrons. The van der Waals surface area contributed by atoms with E-state index in [1.807, 2.05) is 0 Å². The summed E-state index contributed by atoms with van der Waals surface area (Å²) in [5.41, 5.74) is 1.54. The SMILES string of the molecule is Cc1[nH]c(C(OC2CC3(CCC3)C2)c2ccc(F)c(Cl)c2)nc1S(C)(=O)=O. The second-order valence-corrected chi connectivity index (χ2v) is 10.2. The number of halogens is 2. The molecular formula is C19H22ClFN2O3S. The quantitative estimate of drug-likeness (QED) is 0.792. The Balaban J connectivity index is 1.66.